The first-order valence-electron chi connectivity index (χ1n) is 4.15. The molecule has 1 aromatic rings. The van der Waals surface area contributed by atoms with Crippen LogP contribution in [0, 0.1) is 0 Å². The molecular formula is C9H14BrNS. The van der Waals surface area contributed by atoms with E-state index < -0.39 is 0 Å². The Morgan fingerprint density at radius 2 is 2.25 bits per heavy atom. The summed E-state index contributed by atoms with van der Waals surface area (Å²) in [6.45, 7) is 4.47. The summed E-state index contributed by atoms with van der Waals surface area (Å²) >= 11 is 5.29. The summed E-state index contributed by atoms with van der Waals surface area (Å²) < 4.78 is 1.23. The number of hydrogen-bond acceptors (Lipinski definition) is 2. The van der Waals surface area contributed by atoms with Crippen molar-refractivity contribution in [1.82, 2.24) is 4.90 Å². The Kier molecular flexibility index (Phi) is 4.26. The van der Waals surface area contributed by atoms with Crippen LogP contribution in [0.4, 0.5) is 0 Å². The van der Waals surface area contributed by atoms with Gasteiger partial charge in [-0.25, -0.2) is 0 Å². The molecule has 0 unspecified atom stereocenters. The third kappa shape index (κ3) is 3.25. The van der Waals surface area contributed by atoms with Gasteiger partial charge in [-0.1, -0.05) is 6.92 Å². The molecule has 0 radical (unpaired) electrons. The summed E-state index contributed by atoms with van der Waals surface area (Å²) in [4.78, 5) is 3.79. The molecule has 0 saturated heterocycles. The highest BCUT2D eigenvalue weighted by atomic mass is 79.9. The molecule has 0 atom stereocenters. The lowest BCUT2D eigenvalue weighted by Gasteiger charge is -2.11. The van der Waals surface area contributed by atoms with Crippen molar-refractivity contribution in [3.63, 3.8) is 0 Å². The lowest BCUT2D eigenvalue weighted by atomic mass is 10.3. The van der Waals surface area contributed by atoms with E-state index in [2.05, 4.69) is 46.9 Å². The second kappa shape index (κ2) is 5.00. The zero-order valence-corrected chi connectivity index (χ0v) is 9.91. The first kappa shape index (κ1) is 10.2. The molecule has 0 saturated carbocycles. The monoisotopic (exact) mass is 247 g/mol. The maximum Gasteiger partial charge on any atom is 0.0701 e. The van der Waals surface area contributed by atoms with E-state index in [9.17, 15) is 0 Å². The molecule has 3 heteroatoms. The van der Waals surface area contributed by atoms with Crippen LogP contribution in [0.1, 0.15) is 11.8 Å². The second-order valence-corrected chi connectivity index (χ2v) is 5.40. The predicted octanol–water partition coefficient (Wildman–Crippen LogP) is 3.00. The van der Waals surface area contributed by atoms with Crippen LogP contribution in [-0.2, 0) is 6.42 Å². The number of likely N-dealkylation sites (N-methyl/N-ethyl adjacent to an activating group) is 1. The Morgan fingerprint density at radius 3 is 2.75 bits per heavy atom. The zero-order valence-electron chi connectivity index (χ0n) is 7.51. The molecule has 0 fully saturated rings. The highest BCUT2D eigenvalue weighted by Crippen LogP contribution is 2.22. The lowest BCUT2D eigenvalue weighted by Crippen LogP contribution is -2.19. The van der Waals surface area contributed by atoms with Gasteiger partial charge in [0.2, 0.25) is 0 Å². The van der Waals surface area contributed by atoms with Crippen molar-refractivity contribution < 1.29 is 0 Å². The van der Waals surface area contributed by atoms with Gasteiger partial charge in [0.15, 0.2) is 0 Å². The predicted molar refractivity (Wildman–Crippen MR) is 58.9 cm³/mol. The fourth-order valence-corrected chi connectivity index (χ4v) is 2.42. The van der Waals surface area contributed by atoms with Gasteiger partial charge in [-0.15, -0.1) is 11.3 Å². The quantitative estimate of drug-likeness (QED) is 0.791. The van der Waals surface area contributed by atoms with Gasteiger partial charge in [-0.2, -0.15) is 0 Å². The van der Waals surface area contributed by atoms with E-state index in [0.29, 0.717) is 0 Å². The van der Waals surface area contributed by atoms with Gasteiger partial charge in [-0.3, -0.25) is 0 Å². The zero-order chi connectivity index (χ0) is 8.97. The molecule has 0 aliphatic heterocycles. The van der Waals surface area contributed by atoms with Gasteiger partial charge in [0.05, 0.1) is 3.79 Å². The summed E-state index contributed by atoms with van der Waals surface area (Å²) in [6.07, 6.45) is 1.17. The van der Waals surface area contributed by atoms with Gasteiger partial charge >= 0.3 is 0 Å². The van der Waals surface area contributed by atoms with Crippen molar-refractivity contribution >= 4 is 27.3 Å². The fraction of sp³-hybridized carbons (Fsp3) is 0.556. The molecule has 68 valence electrons. The van der Waals surface area contributed by atoms with Crippen LogP contribution < -0.4 is 0 Å². The van der Waals surface area contributed by atoms with Crippen LogP contribution in [0.3, 0.4) is 0 Å². The first-order valence-corrected chi connectivity index (χ1v) is 5.76. The minimum Gasteiger partial charge on any atom is -0.306 e. The van der Waals surface area contributed by atoms with E-state index in [1.165, 1.54) is 15.1 Å². The molecule has 1 aromatic heterocycles. The Morgan fingerprint density at radius 1 is 1.50 bits per heavy atom. The summed E-state index contributed by atoms with van der Waals surface area (Å²) in [5, 5.41) is 0. The molecule has 0 aliphatic rings. The van der Waals surface area contributed by atoms with E-state index in [1.54, 1.807) is 0 Å². The smallest absolute Gasteiger partial charge is 0.0701 e. The van der Waals surface area contributed by atoms with Gasteiger partial charge in [0.25, 0.3) is 0 Å². The van der Waals surface area contributed by atoms with Crippen molar-refractivity contribution in [2.75, 3.05) is 20.1 Å². The number of rotatable bonds is 4. The van der Waals surface area contributed by atoms with Crippen LogP contribution in [0.5, 0.6) is 0 Å². The third-order valence-corrected chi connectivity index (χ3v) is 3.59. The molecule has 0 spiro atoms. The second-order valence-electron chi connectivity index (χ2n) is 2.85. The van der Waals surface area contributed by atoms with Crippen LogP contribution in [0.15, 0.2) is 15.9 Å². The average molecular weight is 248 g/mol. The Balaban J connectivity index is 2.33. The molecule has 0 amide bonds. The van der Waals surface area contributed by atoms with Crippen LogP contribution in [-0.4, -0.2) is 25.0 Å². The summed E-state index contributed by atoms with van der Waals surface area (Å²) in [6, 6.07) is 4.31. The van der Waals surface area contributed by atoms with Crippen molar-refractivity contribution in [2.24, 2.45) is 0 Å². The lowest BCUT2D eigenvalue weighted by molar-refractivity contribution is 0.358. The topological polar surface area (TPSA) is 3.24 Å². The molecule has 1 rings (SSSR count). The number of nitrogens with zero attached hydrogens (tertiary/aromatic N) is 1. The molecule has 0 aliphatic carbocycles. The number of halogens is 1. The van der Waals surface area contributed by atoms with Crippen molar-refractivity contribution in [3.8, 4) is 0 Å². The SMILES string of the molecule is CCN(C)CCc1ccc(Br)s1. The normalized spacial score (nSPS) is 11.0. The number of hydrogen-bond donors (Lipinski definition) is 0. The molecule has 1 heterocycles. The van der Waals surface area contributed by atoms with Crippen LogP contribution >= 0.6 is 27.3 Å². The average Bonchev–Trinajstić information content (AvgIpc) is 2.47. The summed E-state index contributed by atoms with van der Waals surface area (Å²) in [5.41, 5.74) is 0. The fourth-order valence-electron chi connectivity index (χ4n) is 0.945. The van der Waals surface area contributed by atoms with Crippen LogP contribution in [0.2, 0.25) is 0 Å². The molecule has 12 heavy (non-hydrogen) atoms. The molecular weight excluding hydrogens is 234 g/mol. The molecule has 0 N–H and O–H groups in total. The molecule has 0 bridgehead atoms. The largest absolute Gasteiger partial charge is 0.306 e. The molecule has 1 nitrogen and oxygen atoms in total. The molecule has 0 aromatic carbocycles. The minimum absolute atomic E-state index is 1.13. The highest BCUT2D eigenvalue weighted by molar-refractivity contribution is 9.11. The first-order chi connectivity index (χ1) is 5.72. The van der Waals surface area contributed by atoms with Gasteiger partial charge < -0.3 is 4.90 Å². The maximum atomic E-state index is 3.46. The number of thiophene rings is 1. The Hall–Kier alpha value is 0.140. The van der Waals surface area contributed by atoms with Crippen molar-refractivity contribution in [2.45, 2.75) is 13.3 Å². The minimum atomic E-state index is 1.13. The standard InChI is InChI=1S/C9H14BrNS/c1-3-11(2)7-6-8-4-5-9(10)12-8/h4-5H,3,6-7H2,1-2H3. The van der Waals surface area contributed by atoms with Gasteiger partial charge in [-0.05, 0) is 48.1 Å². The van der Waals surface area contributed by atoms with Crippen molar-refractivity contribution in [1.29, 1.82) is 0 Å². The van der Waals surface area contributed by atoms with E-state index in [4.69, 9.17) is 0 Å². The Labute approximate surface area is 86.5 Å². The van der Waals surface area contributed by atoms with E-state index in [-0.39, 0.29) is 0 Å². The third-order valence-electron chi connectivity index (χ3n) is 1.91. The van der Waals surface area contributed by atoms with Crippen molar-refractivity contribution in [3.05, 3.63) is 20.8 Å². The van der Waals surface area contributed by atoms with Gasteiger partial charge in [0.1, 0.15) is 0 Å². The van der Waals surface area contributed by atoms with Crippen LogP contribution in [0.25, 0.3) is 0 Å². The highest BCUT2D eigenvalue weighted by Gasteiger charge is 1.99. The Bertz CT molecular complexity index is 234. The van der Waals surface area contributed by atoms with E-state index in [1.807, 2.05) is 11.3 Å². The maximum absolute atomic E-state index is 3.46. The van der Waals surface area contributed by atoms with E-state index >= 15 is 0 Å². The summed E-state index contributed by atoms with van der Waals surface area (Å²) in [5.74, 6) is 0. The summed E-state index contributed by atoms with van der Waals surface area (Å²) in [7, 11) is 2.16. The van der Waals surface area contributed by atoms with E-state index in [0.717, 1.165) is 13.1 Å². The van der Waals surface area contributed by atoms with Gasteiger partial charge in [0, 0.05) is 11.4 Å².